The Balaban J connectivity index is 2.56. The van der Waals surface area contributed by atoms with Crippen LogP contribution in [-0.2, 0) is 0 Å². The number of rotatable bonds is 5. The molecule has 0 amide bonds. The van der Waals surface area contributed by atoms with Crippen LogP contribution in [0, 0.1) is 0 Å². The van der Waals surface area contributed by atoms with Gasteiger partial charge in [-0.2, -0.15) is 13.2 Å². The van der Waals surface area contributed by atoms with E-state index >= 15 is 0 Å². The van der Waals surface area contributed by atoms with Crippen molar-refractivity contribution in [1.82, 2.24) is 4.90 Å². The summed E-state index contributed by atoms with van der Waals surface area (Å²) in [6.45, 7) is -1.00. The van der Waals surface area contributed by atoms with Gasteiger partial charge in [0.1, 0.15) is 0 Å². The maximum Gasteiger partial charge on any atom is 0.401 e. The third-order valence-electron chi connectivity index (χ3n) is 2.40. The van der Waals surface area contributed by atoms with E-state index in [0.717, 1.165) is 9.37 Å². The summed E-state index contributed by atoms with van der Waals surface area (Å²) in [6.07, 6.45) is -4.26. The number of Topliss-reactive ketones (excluding diaryl/α,β-unsaturated/α-hetero) is 1. The predicted octanol–water partition coefficient (Wildman–Crippen LogP) is 4.17. The van der Waals surface area contributed by atoms with Gasteiger partial charge < -0.3 is 0 Å². The Labute approximate surface area is 122 Å². The molecule has 0 bridgehead atoms. The number of carbonyl (C=O) groups excluding carboxylic acids is 1. The molecule has 0 fully saturated rings. The molecular formula is C12H12BrClF3NO. The molecule has 0 aliphatic heterocycles. The molecule has 19 heavy (non-hydrogen) atoms. The summed E-state index contributed by atoms with van der Waals surface area (Å²) >= 11 is 9.11. The Morgan fingerprint density at radius 1 is 1.42 bits per heavy atom. The fourth-order valence-electron chi connectivity index (χ4n) is 1.53. The third kappa shape index (κ3) is 5.93. The van der Waals surface area contributed by atoms with E-state index in [1.165, 1.54) is 7.05 Å². The number of hydrogen-bond acceptors (Lipinski definition) is 2. The number of ketones is 1. The lowest BCUT2D eigenvalue weighted by Gasteiger charge is -2.18. The van der Waals surface area contributed by atoms with Gasteiger partial charge in [-0.25, -0.2) is 0 Å². The molecule has 1 aromatic carbocycles. The highest BCUT2D eigenvalue weighted by atomic mass is 79.9. The van der Waals surface area contributed by atoms with Crippen LogP contribution in [0.25, 0.3) is 0 Å². The normalized spacial score (nSPS) is 11.9. The quantitative estimate of drug-likeness (QED) is 0.736. The zero-order valence-corrected chi connectivity index (χ0v) is 12.4. The second-order valence-electron chi connectivity index (χ2n) is 4.15. The van der Waals surface area contributed by atoms with Crippen LogP contribution in [0.2, 0.25) is 5.02 Å². The van der Waals surface area contributed by atoms with Gasteiger partial charge in [0.15, 0.2) is 5.78 Å². The number of benzene rings is 1. The van der Waals surface area contributed by atoms with Crippen molar-refractivity contribution < 1.29 is 18.0 Å². The smallest absolute Gasteiger partial charge is 0.298 e. The molecule has 0 spiro atoms. The van der Waals surface area contributed by atoms with E-state index in [1.54, 1.807) is 18.2 Å². The predicted molar refractivity (Wildman–Crippen MR) is 71.7 cm³/mol. The summed E-state index contributed by atoms with van der Waals surface area (Å²) in [4.78, 5) is 12.9. The van der Waals surface area contributed by atoms with Crippen LogP contribution in [0.1, 0.15) is 16.8 Å². The summed E-state index contributed by atoms with van der Waals surface area (Å²) < 4.78 is 37.1. The monoisotopic (exact) mass is 357 g/mol. The minimum atomic E-state index is -4.26. The van der Waals surface area contributed by atoms with Crippen LogP contribution in [0.15, 0.2) is 22.7 Å². The lowest BCUT2D eigenvalue weighted by molar-refractivity contribution is -0.142. The van der Waals surface area contributed by atoms with Gasteiger partial charge in [-0.15, -0.1) is 0 Å². The summed E-state index contributed by atoms with van der Waals surface area (Å²) in [5.41, 5.74) is 0.324. The first-order chi connectivity index (χ1) is 8.69. The van der Waals surface area contributed by atoms with Crippen LogP contribution in [0.3, 0.4) is 0 Å². The van der Waals surface area contributed by atoms with Crippen molar-refractivity contribution in [2.24, 2.45) is 0 Å². The van der Waals surface area contributed by atoms with Gasteiger partial charge in [-0.3, -0.25) is 9.69 Å². The number of hydrogen-bond donors (Lipinski definition) is 0. The highest BCUT2D eigenvalue weighted by Gasteiger charge is 2.29. The van der Waals surface area contributed by atoms with E-state index in [0.29, 0.717) is 5.56 Å². The van der Waals surface area contributed by atoms with E-state index in [9.17, 15) is 18.0 Å². The molecule has 2 nitrogen and oxygen atoms in total. The first-order valence-corrected chi connectivity index (χ1v) is 6.59. The molecule has 0 radical (unpaired) electrons. The topological polar surface area (TPSA) is 20.3 Å². The molecule has 0 aliphatic carbocycles. The Morgan fingerprint density at radius 2 is 2.05 bits per heavy atom. The van der Waals surface area contributed by atoms with E-state index < -0.39 is 12.7 Å². The van der Waals surface area contributed by atoms with Gasteiger partial charge in [-0.05, 0) is 25.2 Å². The molecule has 106 valence electrons. The van der Waals surface area contributed by atoms with Gasteiger partial charge in [0.25, 0.3) is 0 Å². The summed E-state index contributed by atoms with van der Waals surface area (Å²) in [5.74, 6) is -0.272. The van der Waals surface area contributed by atoms with Gasteiger partial charge in [0.05, 0.1) is 11.6 Å². The number of nitrogens with zero attached hydrogens (tertiary/aromatic N) is 1. The standard InChI is InChI=1S/C12H12BrClF3NO/c1-18(7-12(15,16)17)5-4-11(19)9-3-2-8(13)6-10(9)14/h2-3,6H,4-5,7H2,1H3. The minimum Gasteiger partial charge on any atom is -0.298 e. The summed E-state index contributed by atoms with van der Waals surface area (Å²) in [5, 5.41) is 0.290. The Hall–Kier alpha value is -0.590. The Kier molecular flexibility index (Phi) is 5.82. The molecule has 0 saturated carbocycles. The molecule has 0 heterocycles. The fraction of sp³-hybridized carbons (Fsp3) is 0.417. The van der Waals surface area contributed by atoms with E-state index in [-0.39, 0.29) is 23.8 Å². The van der Waals surface area contributed by atoms with E-state index in [4.69, 9.17) is 11.6 Å². The molecule has 0 unspecified atom stereocenters. The Bertz CT molecular complexity index is 465. The van der Waals surface area contributed by atoms with Gasteiger partial charge in [-0.1, -0.05) is 27.5 Å². The van der Waals surface area contributed by atoms with Crippen molar-refractivity contribution >= 4 is 33.3 Å². The van der Waals surface area contributed by atoms with Gasteiger partial charge in [0.2, 0.25) is 0 Å². The zero-order chi connectivity index (χ0) is 14.6. The van der Waals surface area contributed by atoms with Crippen LogP contribution >= 0.6 is 27.5 Å². The van der Waals surface area contributed by atoms with Crippen molar-refractivity contribution in [3.63, 3.8) is 0 Å². The second-order valence-corrected chi connectivity index (χ2v) is 5.47. The maximum absolute atomic E-state index is 12.1. The number of carbonyl (C=O) groups is 1. The molecule has 0 aromatic heterocycles. The van der Waals surface area contributed by atoms with Gasteiger partial charge in [0, 0.05) is 23.0 Å². The first-order valence-electron chi connectivity index (χ1n) is 5.42. The van der Waals surface area contributed by atoms with Crippen molar-refractivity contribution in [3.05, 3.63) is 33.3 Å². The summed E-state index contributed by atoms with van der Waals surface area (Å²) in [6, 6.07) is 4.80. The zero-order valence-electron chi connectivity index (χ0n) is 10.1. The molecule has 1 rings (SSSR count). The maximum atomic E-state index is 12.1. The molecular weight excluding hydrogens is 346 g/mol. The van der Waals surface area contributed by atoms with Crippen molar-refractivity contribution in [2.45, 2.75) is 12.6 Å². The second kappa shape index (κ2) is 6.72. The van der Waals surface area contributed by atoms with Gasteiger partial charge >= 0.3 is 6.18 Å². The average Bonchev–Trinajstić information content (AvgIpc) is 2.23. The highest BCUT2D eigenvalue weighted by molar-refractivity contribution is 9.10. The lowest BCUT2D eigenvalue weighted by Crippen LogP contribution is -2.32. The molecule has 0 atom stereocenters. The molecule has 0 saturated heterocycles. The first kappa shape index (κ1) is 16.5. The van der Waals surface area contributed by atoms with Crippen LogP contribution in [0.4, 0.5) is 13.2 Å². The average molecular weight is 359 g/mol. The fourth-order valence-corrected chi connectivity index (χ4v) is 2.31. The molecule has 7 heteroatoms. The highest BCUT2D eigenvalue weighted by Crippen LogP contribution is 2.22. The lowest BCUT2D eigenvalue weighted by atomic mass is 10.1. The van der Waals surface area contributed by atoms with Crippen molar-refractivity contribution in [2.75, 3.05) is 20.1 Å². The number of alkyl halides is 3. The van der Waals surface area contributed by atoms with Crippen LogP contribution in [0.5, 0.6) is 0 Å². The molecule has 0 N–H and O–H groups in total. The summed E-state index contributed by atoms with van der Waals surface area (Å²) in [7, 11) is 1.32. The van der Waals surface area contributed by atoms with E-state index in [2.05, 4.69) is 15.9 Å². The van der Waals surface area contributed by atoms with Crippen molar-refractivity contribution in [3.8, 4) is 0 Å². The largest absolute Gasteiger partial charge is 0.401 e. The number of halogens is 5. The van der Waals surface area contributed by atoms with E-state index in [1.807, 2.05) is 0 Å². The SMILES string of the molecule is CN(CCC(=O)c1ccc(Br)cc1Cl)CC(F)(F)F. The Morgan fingerprint density at radius 3 is 2.58 bits per heavy atom. The van der Waals surface area contributed by atoms with Crippen LogP contribution in [-0.4, -0.2) is 37.0 Å². The van der Waals surface area contributed by atoms with Crippen LogP contribution < -0.4 is 0 Å². The third-order valence-corrected chi connectivity index (χ3v) is 3.21. The molecule has 0 aliphatic rings. The molecule has 1 aromatic rings. The minimum absolute atomic E-state index is 0.00602. The van der Waals surface area contributed by atoms with Crippen molar-refractivity contribution in [1.29, 1.82) is 0 Å².